The van der Waals surface area contributed by atoms with Crippen LogP contribution in [0.1, 0.15) is 52.7 Å². The maximum absolute atomic E-state index is 13.5. The summed E-state index contributed by atoms with van der Waals surface area (Å²) in [5.41, 5.74) is 2.11. The van der Waals surface area contributed by atoms with E-state index in [0.717, 1.165) is 21.7 Å². The van der Waals surface area contributed by atoms with E-state index in [-0.39, 0.29) is 23.9 Å². The lowest BCUT2D eigenvalue weighted by atomic mass is 9.87. The number of carbonyl (C=O) groups is 2. The van der Waals surface area contributed by atoms with Crippen LogP contribution in [0.2, 0.25) is 5.02 Å². The van der Waals surface area contributed by atoms with Crippen molar-refractivity contribution in [2.45, 2.75) is 65.6 Å². The molecule has 2 rings (SSSR count). The van der Waals surface area contributed by atoms with Gasteiger partial charge >= 0.3 is 0 Å². The first-order valence-electron chi connectivity index (χ1n) is 11.5. The zero-order chi connectivity index (χ0) is 26.6. The second kappa shape index (κ2) is 11.4. The number of benzene rings is 2. The van der Waals surface area contributed by atoms with Crippen LogP contribution in [-0.2, 0) is 31.6 Å². The number of carbonyl (C=O) groups excluding carboxylic acids is 2. The molecule has 0 fully saturated rings. The van der Waals surface area contributed by atoms with Gasteiger partial charge in [0.15, 0.2) is 0 Å². The van der Waals surface area contributed by atoms with Crippen LogP contribution in [0.4, 0.5) is 5.69 Å². The number of sulfonamides is 1. The molecule has 1 unspecified atom stereocenters. The van der Waals surface area contributed by atoms with Crippen LogP contribution in [0.15, 0.2) is 48.5 Å². The fourth-order valence-electron chi connectivity index (χ4n) is 3.52. The molecule has 2 aromatic carbocycles. The lowest BCUT2D eigenvalue weighted by molar-refractivity contribution is -0.139. The number of hydrogen-bond acceptors (Lipinski definition) is 4. The van der Waals surface area contributed by atoms with Gasteiger partial charge in [-0.2, -0.15) is 0 Å². The summed E-state index contributed by atoms with van der Waals surface area (Å²) in [6.07, 6.45) is 1.07. The highest BCUT2D eigenvalue weighted by molar-refractivity contribution is 7.92. The van der Waals surface area contributed by atoms with E-state index in [1.54, 1.807) is 43.3 Å². The van der Waals surface area contributed by atoms with Crippen LogP contribution in [0.3, 0.4) is 0 Å². The van der Waals surface area contributed by atoms with Crippen LogP contribution < -0.4 is 9.62 Å². The first kappa shape index (κ1) is 28.7. The Bertz CT molecular complexity index is 1120. The highest BCUT2D eigenvalue weighted by atomic mass is 35.5. The molecule has 0 heterocycles. The summed E-state index contributed by atoms with van der Waals surface area (Å²) < 4.78 is 26.4. The van der Waals surface area contributed by atoms with Gasteiger partial charge in [0, 0.05) is 17.6 Å². The molecule has 35 heavy (non-hydrogen) atoms. The van der Waals surface area contributed by atoms with Crippen LogP contribution in [-0.4, -0.2) is 50.0 Å². The fourth-order valence-corrected chi connectivity index (χ4v) is 4.49. The minimum absolute atomic E-state index is 0.0984. The van der Waals surface area contributed by atoms with E-state index in [9.17, 15) is 18.0 Å². The maximum Gasteiger partial charge on any atom is 0.244 e. The van der Waals surface area contributed by atoms with Crippen molar-refractivity contribution in [1.82, 2.24) is 10.2 Å². The first-order valence-corrected chi connectivity index (χ1v) is 13.7. The van der Waals surface area contributed by atoms with Gasteiger partial charge in [0.05, 0.1) is 11.9 Å². The number of halogens is 1. The molecule has 0 aliphatic carbocycles. The molecule has 192 valence electrons. The highest BCUT2D eigenvalue weighted by Crippen LogP contribution is 2.26. The Morgan fingerprint density at radius 1 is 0.971 bits per heavy atom. The number of nitrogens with one attached hydrogen (secondary N) is 1. The first-order chi connectivity index (χ1) is 16.1. The third-order valence-electron chi connectivity index (χ3n) is 5.56. The molecular formula is C26H36ClN3O4S. The highest BCUT2D eigenvalue weighted by Gasteiger charge is 2.30. The Labute approximate surface area is 214 Å². The molecule has 0 aliphatic heterocycles. The third kappa shape index (κ3) is 8.25. The summed E-state index contributed by atoms with van der Waals surface area (Å²) >= 11 is 5.99. The van der Waals surface area contributed by atoms with Crippen molar-refractivity contribution in [2.75, 3.05) is 17.1 Å². The lowest BCUT2D eigenvalue weighted by Gasteiger charge is -2.32. The zero-order valence-corrected chi connectivity index (χ0v) is 23.1. The summed E-state index contributed by atoms with van der Waals surface area (Å²) in [5, 5.41) is 3.38. The lowest BCUT2D eigenvalue weighted by Crippen LogP contribution is -2.52. The number of amides is 2. The van der Waals surface area contributed by atoms with Gasteiger partial charge in [-0.1, -0.05) is 56.6 Å². The number of nitrogens with zero attached hydrogens (tertiary/aromatic N) is 2. The summed E-state index contributed by atoms with van der Waals surface area (Å²) in [6.45, 7) is 11.2. The van der Waals surface area contributed by atoms with Gasteiger partial charge in [-0.15, -0.1) is 0 Å². The molecular weight excluding hydrogens is 486 g/mol. The van der Waals surface area contributed by atoms with E-state index >= 15 is 0 Å². The Morgan fingerprint density at radius 2 is 1.51 bits per heavy atom. The number of anilines is 1. The predicted octanol–water partition coefficient (Wildman–Crippen LogP) is 4.35. The topological polar surface area (TPSA) is 86.8 Å². The fraction of sp³-hybridized carbons (Fsp3) is 0.462. The van der Waals surface area contributed by atoms with Crippen molar-refractivity contribution in [1.29, 1.82) is 0 Å². The van der Waals surface area contributed by atoms with E-state index < -0.39 is 28.5 Å². The number of rotatable bonds is 9. The van der Waals surface area contributed by atoms with Crippen molar-refractivity contribution < 1.29 is 18.0 Å². The van der Waals surface area contributed by atoms with E-state index in [1.165, 1.54) is 4.90 Å². The Kier molecular flexibility index (Phi) is 9.36. The van der Waals surface area contributed by atoms with E-state index in [0.29, 0.717) is 10.7 Å². The molecule has 1 N–H and O–H groups in total. The van der Waals surface area contributed by atoms with Crippen LogP contribution in [0.5, 0.6) is 0 Å². The van der Waals surface area contributed by atoms with Crippen molar-refractivity contribution in [3.05, 3.63) is 64.7 Å². The summed E-state index contributed by atoms with van der Waals surface area (Å²) in [7, 11) is -3.77. The molecule has 0 saturated carbocycles. The average molecular weight is 522 g/mol. The summed E-state index contributed by atoms with van der Waals surface area (Å²) in [4.78, 5) is 27.7. The van der Waals surface area contributed by atoms with Gasteiger partial charge in [0.2, 0.25) is 21.8 Å². The minimum Gasteiger partial charge on any atom is -0.352 e. The van der Waals surface area contributed by atoms with Gasteiger partial charge in [-0.25, -0.2) is 8.42 Å². The van der Waals surface area contributed by atoms with Crippen molar-refractivity contribution >= 4 is 39.1 Å². The van der Waals surface area contributed by atoms with E-state index in [2.05, 4.69) is 26.1 Å². The molecule has 0 radical (unpaired) electrons. The monoisotopic (exact) mass is 521 g/mol. The largest absolute Gasteiger partial charge is 0.352 e. The normalized spacial score (nSPS) is 12.8. The van der Waals surface area contributed by atoms with Gasteiger partial charge < -0.3 is 10.2 Å². The van der Waals surface area contributed by atoms with E-state index in [1.807, 2.05) is 26.0 Å². The standard InChI is InChI=1S/C26H36ClN3O4S/c1-18(2)28-25(32)19(3)29(16-20-8-12-22(27)13-9-20)24(31)17-30(35(7,33)34)23-14-10-21(11-15-23)26(4,5)6/h8-15,18-19H,16-17H2,1-7H3,(H,28,32). The minimum atomic E-state index is -3.77. The van der Waals surface area contributed by atoms with Gasteiger partial charge in [-0.3, -0.25) is 13.9 Å². The second-order valence-corrected chi connectivity index (χ2v) is 12.4. The Hall–Kier alpha value is -2.58. The molecule has 9 heteroatoms. The molecule has 0 saturated heterocycles. The Balaban J connectivity index is 2.39. The number of hydrogen-bond donors (Lipinski definition) is 1. The smallest absolute Gasteiger partial charge is 0.244 e. The van der Waals surface area contributed by atoms with Gasteiger partial charge in [0.25, 0.3) is 0 Å². The molecule has 0 spiro atoms. The quantitative estimate of drug-likeness (QED) is 0.531. The molecule has 0 aromatic heterocycles. The van der Waals surface area contributed by atoms with Crippen LogP contribution in [0.25, 0.3) is 0 Å². The van der Waals surface area contributed by atoms with Crippen molar-refractivity contribution in [3.8, 4) is 0 Å². The zero-order valence-electron chi connectivity index (χ0n) is 21.5. The predicted molar refractivity (Wildman–Crippen MR) is 142 cm³/mol. The molecule has 2 amide bonds. The molecule has 0 aliphatic rings. The molecule has 0 bridgehead atoms. The third-order valence-corrected chi connectivity index (χ3v) is 6.96. The van der Waals surface area contributed by atoms with Gasteiger partial charge in [0.1, 0.15) is 12.6 Å². The van der Waals surface area contributed by atoms with Gasteiger partial charge in [-0.05, 0) is 61.6 Å². The molecule has 1 atom stereocenters. The maximum atomic E-state index is 13.5. The average Bonchev–Trinajstić information content (AvgIpc) is 2.74. The van der Waals surface area contributed by atoms with Crippen molar-refractivity contribution in [2.24, 2.45) is 0 Å². The molecule has 2 aromatic rings. The molecule has 7 nitrogen and oxygen atoms in total. The SMILES string of the molecule is CC(C)NC(=O)C(C)N(Cc1ccc(Cl)cc1)C(=O)CN(c1ccc(C(C)(C)C)cc1)S(C)(=O)=O. The Morgan fingerprint density at radius 3 is 1.97 bits per heavy atom. The second-order valence-electron chi connectivity index (χ2n) is 10.1. The summed E-state index contributed by atoms with van der Waals surface area (Å²) in [6, 6.07) is 13.2. The van der Waals surface area contributed by atoms with Crippen LogP contribution >= 0.6 is 11.6 Å². The van der Waals surface area contributed by atoms with Crippen LogP contribution in [0, 0.1) is 0 Å². The van der Waals surface area contributed by atoms with Crippen molar-refractivity contribution in [3.63, 3.8) is 0 Å². The summed E-state index contributed by atoms with van der Waals surface area (Å²) in [5.74, 6) is -0.806. The van der Waals surface area contributed by atoms with E-state index in [4.69, 9.17) is 11.6 Å².